The Balaban J connectivity index is 1.52. The number of hydrogen-bond acceptors (Lipinski definition) is 4. The number of fused-ring (bicyclic) bond motifs is 3. The van der Waals surface area contributed by atoms with Crippen molar-refractivity contribution in [2.24, 2.45) is 0 Å². The summed E-state index contributed by atoms with van der Waals surface area (Å²) in [5.74, 6) is -5.89. The fraction of sp³-hybridized carbons (Fsp3) is 0.481. The minimum Gasteiger partial charge on any atom is -0.390 e. The van der Waals surface area contributed by atoms with Crippen molar-refractivity contribution in [1.82, 2.24) is 14.8 Å². The second-order valence-corrected chi connectivity index (χ2v) is 10.3. The maximum Gasteiger partial charge on any atom is 0.283 e. The molecule has 1 fully saturated rings. The lowest BCUT2D eigenvalue weighted by molar-refractivity contribution is -0.0869. The average molecular weight is 541 g/mol. The highest BCUT2D eigenvalue weighted by atomic mass is 19.3. The topological polar surface area (TPSA) is 54.5 Å². The smallest absolute Gasteiger partial charge is 0.283 e. The number of aromatic amines is 1. The molecule has 3 heterocycles. The van der Waals surface area contributed by atoms with Crippen molar-refractivity contribution < 1.29 is 31.4 Å². The average Bonchev–Trinajstić information content (AvgIpc) is 3.21. The number of aliphatic hydroxyl groups excluding tert-OH is 1. The molecule has 1 saturated heterocycles. The molecule has 5 nitrogen and oxygen atoms in total. The molecular weight excluding hydrogens is 510 g/mol. The van der Waals surface area contributed by atoms with Gasteiger partial charge >= 0.3 is 0 Å². The van der Waals surface area contributed by atoms with Gasteiger partial charge in [0.1, 0.15) is 24.1 Å². The lowest BCUT2D eigenvalue weighted by atomic mass is 9.87. The number of alkyl halides is 3. The Morgan fingerprint density at radius 3 is 2.47 bits per heavy atom. The molecule has 0 bridgehead atoms. The van der Waals surface area contributed by atoms with Crippen LogP contribution >= 0.6 is 0 Å². The van der Waals surface area contributed by atoms with Gasteiger partial charge in [-0.2, -0.15) is 0 Å². The number of hydrogen-bond donors (Lipinski definition) is 3. The predicted molar refractivity (Wildman–Crippen MR) is 133 cm³/mol. The fourth-order valence-electron chi connectivity index (χ4n) is 5.73. The van der Waals surface area contributed by atoms with Crippen molar-refractivity contribution in [3.8, 4) is 0 Å². The van der Waals surface area contributed by atoms with E-state index in [4.69, 9.17) is 0 Å². The molecule has 3 aromatic rings. The minimum absolute atomic E-state index is 0.0583. The van der Waals surface area contributed by atoms with E-state index in [1.54, 1.807) is 13.0 Å². The largest absolute Gasteiger partial charge is 0.390 e. The summed E-state index contributed by atoms with van der Waals surface area (Å²) in [5.41, 5.74) is 0.922. The maximum atomic E-state index is 15.7. The third-order valence-electron chi connectivity index (χ3n) is 7.51. The quantitative estimate of drug-likeness (QED) is 0.335. The third-order valence-corrected chi connectivity index (χ3v) is 7.51. The van der Waals surface area contributed by atoms with E-state index in [9.17, 15) is 22.7 Å². The van der Waals surface area contributed by atoms with Gasteiger partial charge in [0, 0.05) is 53.5 Å². The summed E-state index contributed by atoms with van der Waals surface area (Å²) in [6.45, 7) is 0.700. The molecule has 0 amide bonds. The summed E-state index contributed by atoms with van der Waals surface area (Å²) in [7, 11) is 0. The molecular formula is C27H30F6N4O. The monoisotopic (exact) mass is 540 g/mol. The van der Waals surface area contributed by atoms with Gasteiger partial charge in [-0.25, -0.2) is 22.0 Å². The van der Waals surface area contributed by atoms with E-state index >= 15 is 8.78 Å². The van der Waals surface area contributed by atoms with E-state index in [0.29, 0.717) is 37.1 Å². The van der Waals surface area contributed by atoms with Crippen LogP contribution in [0.25, 0.3) is 10.9 Å². The standard InChI is InChI=1S/C27H30F6N4O/c1-15-8-18-23-19(29)4-2-5-22(23)35-25(18)26(37(15)13-27(32,33)14-38)24-20(30)9-16(10-21(24)31)34-17-11-36(12-17)7-3-6-28/h2,4-5,9-10,15,17,26,34-35,38H,3,6-8,11-14H2,1H3/t15-,26-/m1/s1. The molecule has 2 aromatic carbocycles. The van der Waals surface area contributed by atoms with E-state index < -0.39 is 60.8 Å². The van der Waals surface area contributed by atoms with Crippen LogP contribution in [0.4, 0.5) is 32.0 Å². The zero-order chi connectivity index (χ0) is 27.2. The molecule has 2 aliphatic rings. The molecule has 5 rings (SSSR count). The molecule has 0 radical (unpaired) electrons. The summed E-state index contributed by atoms with van der Waals surface area (Å²) in [6, 6.07) is 4.68. The number of halogens is 6. The van der Waals surface area contributed by atoms with Crippen molar-refractivity contribution >= 4 is 16.6 Å². The van der Waals surface area contributed by atoms with Crippen LogP contribution < -0.4 is 5.32 Å². The Kier molecular flexibility index (Phi) is 7.36. The highest BCUT2D eigenvalue weighted by Crippen LogP contribution is 2.44. The zero-order valence-corrected chi connectivity index (χ0v) is 20.9. The van der Waals surface area contributed by atoms with Gasteiger partial charge in [-0.05, 0) is 49.6 Å². The first kappa shape index (κ1) is 26.8. The molecule has 0 aliphatic carbocycles. The number of nitrogens with one attached hydrogen (secondary N) is 2. The Morgan fingerprint density at radius 2 is 1.82 bits per heavy atom. The van der Waals surface area contributed by atoms with Crippen LogP contribution in [0.15, 0.2) is 30.3 Å². The van der Waals surface area contributed by atoms with Crippen LogP contribution in [0.3, 0.4) is 0 Å². The van der Waals surface area contributed by atoms with E-state index in [1.807, 2.05) is 4.90 Å². The van der Waals surface area contributed by atoms with Crippen LogP contribution in [0.1, 0.15) is 36.2 Å². The highest BCUT2D eigenvalue weighted by Gasteiger charge is 2.44. The molecule has 0 spiro atoms. The van der Waals surface area contributed by atoms with E-state index in [-0.39, 0.29) is 29.2 Å². The van der Waals surface area contributed by atoms with E-state index in [2.05, 4.69) is 10.3 Å². The van der Waals surface area contributed by atoms with Crippen LogP contribution in [0, 0.1) is 17.5 Å². The molecule has 0 unspecified atom stereocenters. The van der Waals surface area contributed by atoms with Gasteiger partial charge in [0.25, 0.3) is 5.92 Å². The van der Waals surface area contributed by atoms with Crippen molar-refractivity contribution in [2.75, 3.05) is 44.8 Å². The highest BCUT2D eigenvalue weighted by molar-refractivity contribution is 5.86. The van der Waals surface area contributed by atoms with Gasteiger partial charge in [-0.1, -0.05) is 6.07 Å². The molecule has 1 aromatic heterocycles. The Bertz CT molecular complexity index is 1290. The van der Waals surface area contributed by atoms with Crippen LogP contribution in [0.5, 0.6) is 0 Å². The summed E-state index contributed by atoms with van der Waals surface area (Å²) in [6.07, 6.45) is 0.605. The molecule has 38 heavy (non-hydrogen) atoms. The molecule has 11 heteroatoms. The van der Waals surface area contributed by atoms with Gasteiger partial charge in [0.2, 0.25) is 0 Å². The van der Waals surface area contributed by atoms with Crippen molar-refractivity contribution in [3.05, 3.63) is 64.6 Å². The fourth-order valence-corrected chi connectivity index (χ4v) is 5.73. The van der Waals surface area contributed by atoms with Gasteiger partial charge in [-0.3, -0.25) is 14.2 Å². The van der Waals surface area contributed by atoms with Crippen LogP contribution in [0.2, 0.25) is 0 Å². The van der Waals surface area contributed by atoms with Crippen molar-refractivity contribution in [2.45, 2.75) is 43.8 Å². The molecule has 2 atom stereocenters. The van der Waals surface area contributed by atoms with Crippen molar-refractivity contribution in [3.63, 3.8) is 0 Å². The number of rotatable bonds is 9. The normalized spacial score (nSPS) is 21.1. The number of H-pyrrole nitrogens is 1. The SMILES string of the molecule is C[C@@H]1Cc2c([nH]c3cccc(F)c23)[C@@H](c2c(F)cc(NC3CN(CCCF)C3)cc2F)N1CC(F)(F)CO. The van der Waals surface area contributed by atoms with Gasteiger partial charge < -0.3 is 15.4 Å². The number of anilines is 1. The lowest BCUT2D eigenvalue weighted by Crippen LogP contribution is -2.54. The van der Waals surface area contributed by atoms with Gasteiger partial charge in [0.15, 0.2) is 0 Å². The van der Waals surface area contributed by atoms with Gasteiger partial charge in [0.05, 0.1) is 25.3 Å². The third kappa shape index (κ3) is 4.99. The van der Waals surface area contributed by atoms with Crippen LogP contribution in [-0.2, 0) is 6.42 Å². The second-order valence-electron chi connectivity index (χ2n) is 10.3. The van der Waals surface area contributed by atoms with Gasteiger partial charge in [-0.15, -0.1) is 0 Å². The minimum atomic E-state index is -3.52. The zero-order valence-electron chi connectivity index (χ0n) is 20.9. The Hall–Kier alpha value is -2.76. The van der Waals surface area contributed by atoms with Crippen LogP contribution in [-0.4, -0.2) is 77.4 Å². The number of aliphatic hydroxyl groups is 1. The molecule has 3 N–H and O–H groups in total. The number of aromatic nitrogens is 1. The lowest BCUT2D eigenvalue weighted by Gasteiger charge is -2.42. The summed E-state index contributed by atoms with van der Waals surface area (Å²) in [4.78, 5) is 6.32. The number of benzene rings is 2. The Morgan fingerprint density at radius 1 is 1.11 bits per heavy atom. The molecule has 0 saturated carbocycles. The first-order valence-corrected chi connectivity index (χ1v) is 12.7. The summed E-state index contributed by atoms with van der Waals surface area (Å²) >= 11 is 0. The summed E-state index contributed by atoms with van der Waals surface area (Å²) < 4.78 is 87.4. The first-order chi connectivity index (χ1) is 18.1. The maximum absolute atomic E-state index is 15.7. The second kappa shape index (κ2) is 10.4. The van der Waals surface area contributed by atoms with Crippen molar-refractivity contribution in [1.29, 1.82) is 0 Å². The predicted octanol–water partition coefficient (Wildman–Crippen LogP) is 5.00. The molecule has 206 valence electrons. The van der Waals surface area contributed by atoms with E-state index in [0.717, 1.165) is 12.1 Å². The number of likely N-dealkylation sites (tertiary alicyclic amines) is 1. The molecule has 2 aliphatic heterocycles. The first-order valence-electron chi connectivity index (χ1n) is 12.7. The Labute approximate surface area is 216 Å². The number of nitrogens with zero attached hydrogens (tertiary/aromatic N) is 2. The van der Waals surface area contributed by atoms with E-state index in [1.165, 1.54) is 17.0 Å². The summed E-state index contributed by atoms with van der Waals surface area (Å²) in [5, 5.41) is 12.6.